The van der Waals surface area contributed by atoms with Crippen LogP contribution in [0.2, 0.25) is 5.02 Å². The number of hydrogen-bond acceptors (Lipinski definition) is 5. The van der Waals surface area contributed by atoms with Crippen molar-refractivity contribution in [2.45, 2.75) is 6.54 Å². The summed E-state index contributed by atoms with van der Waals surface area (Å²) in [6.45, 7) is 2.35. The molecule has 2 aromatic rings. The number of amides is 1. The Bertz CT molecular complexity index is 770. The number of halogens is 1. The molecule has 1 amide bonds. The van der Waals surface area contributed by atoms with E-state index >= 15 is 0 Å². The van der Waals surface area contributed by atoms with Gasteiger partial charge in [-0.1, -0.05) is 23.7 Å². The highest BCUT2D eigenvalue weighted by molar-refractivity contribution is 6.30. The van der Waals surface area contributed by atoms with Crippen molar-refractivity contribution in [3.05, 3.63) is 52.0 Å². The molecule has 24 heavy (non-hydrogen) atoms. The topological polar surface area (TPSA) is 76.5 Å². The Hall–Kier alpha value is -2.22. The first kappa shape index (κ1) is 16.6. The number of rotatable bonds is 4. The number of aromatic nitrogens is 2. The lowest BCUT2D eigenvalue weighted by Crippen LogP contribution is -2.49. The summed E-state index contributed by atoms with van der Waals surface area (Å²) in [4.78, 5) is 28.5. The van der Waals surface area contributed by atoms with Crippen LogP contribution in [0.15, 0.2) is 41.5 Å². The fourth-order valence-electron chi connectivity index (χ4n) is 2.36. The minimum atomic E-state index is -0.285. The molecule has 0 bridgehead atoms. The number of morpholine rings is 1. The van der Waals surface area contributed by atoms with Gasteiger partial charge in [0.2, 0.25) is 0 Å². The molecule has 1 aliphatic rings. The van der Waals surface area contributed by atoms with E-state index in [4.69, 9.17) is 16.3 Å². The van der Waals surface area contributed by atoms with Gasteiger partial charge >= 0.3 is 0 Å². The lowest BCUT2D eigenvalue weighted by atomic mass is 10.1. The summed E-state index contributed by atoms with van der Waals surface area (Å²) in [6.07, 6.45) is 1.38. The van der Waals surface area contributed by atoms with Crippen LogP contribution in [0.5, 0.6) is 0 Å². The summed E-state index contributed by atoms with van der Waals surface area (Å²) in [5, 5.41) is 2.40. The van der Waals surface area contributed by atoms with Crippen LogP contribution in [-0.2, 0) is 16.1 Å². The normalized spacial score (nSPS) is 15.2. The van der Waals surface area contributed by atoms with E-state index in [0.717, 1.165) is 5.56 Å². The van der Waals surface area contributed by atoms with E-state index in [1.54, 1.807) is 29.3 Å². The average molecular weight is 349 g/mol. The lowest BCUT2D eigenvalue weighted by Gasteiger charge is -2.26. The summed E-state index contributed by atoms with van der Waals surface area (Å²) in [7, 11) is 0. The lowest BCUT2D eigenvalue weighted by molar-refractivity contribution is -0.128. The van der Waals surface area contributed by atoms with Crippen molar-refractivity contribution >= 4 is 17.5 Å². The Morgan fingerprint density at radius 1 is 1.25 bits per heavy atom. The smallest absolute Gasteiger partial charge is 0.254 e. The standard InChI is InChI=1S/C16H17ClN4O3/c17-13-3-1-12(2-4-13)14-9-16(23)20(11-18-14)10-15(22)19-21-5-7-24-8-6-21/h1-4,9,11H,5-8,10H2,(H,19,22). The Morgan fingerprint density at radius 3 is 2.62 bits per heavy atom. The van der Waals surface area contributed by atoms with Crippen molar-refractivity contribution in [3.8, 4) is 11.3 Å². The Kier molecular flexibility index (Phi) is 5.24. The van der Waals surface area contributed by atoms with Gasteiger partial charge in [-0.25, -0.2) is 9.99 Å². The van der Waals surface area contributed by atoms with E-state index in [0.29, 0.717) is 37.0 Å². The molecular formula is C16H17ClN4O3. The highest BCUT2D eigenvalue weighted by Gasteiger charge is 2.14. The van der Waals surface area contributed by atoms with Gasteiger partial charge in [-0.05, 0) is 12.1 Å². The highest BCUT2D eigenvalue weighted by atomic mass is 35.5. The molecule has 0 unspecified atom stereocenters. The predicted octanol–water partition coefficient (Wildman–Crippen LogP) is 0.927. The monoisotopic (exact) mass is 348 g/mol. The van der Waals surface area contributed by atoms with Crippen molar-refractivity contribution < 1.29 is 9.53 Å². The molecule has 2 heterocycles. The minimum absolute atomic E-state index is 0.0793. The molecule has 1 aromatic heterocycles. The van der Waals surface area contributed by atoms with Crippen molar-refractivity contribution in [3.63, 3.8) is 0 Å². The van der Waals surface area contributed by atoms with E-state index < -0.39 is 0 Å². The van der Waals surface area contributed by atoms with Crippen molar-refractivity contribution in [1.29, 1.82) is 0 Å². The van der Waals surface area contributed by atoms with Crippen LogP contribution < -0.4 is 11.0 Å². The van der Waals surface area contributed by atoms with Crippen LogP contribution in [-0.4, -0.2) is 46.8 Å². The van der Waals surface area contributed by atoms with Gasteiger partial charge < -0.3 is 4.74 Å². The van der Waals surface area contributed by atoms with Gasteiger partial charge in [0, 0.05) is 29.7 Å². The zero-order valence-corrected chi connectivity index (χ0v) is 13.7. The molecule has 0 aliphatic carbocycles. The summed E-state index contributed by atoms with van der Waals surface area (Å²) in [5.74, 6) is -0.264. The molecule has 0 radical (unpaired) electrons. The van der Waals surface area contributed by atoms with Crippen molar-refractivity contribution in [2.75, 3.05) is 26.3 Å². The molecule has 1 N–H and O–H groups in total. The van der Waals surface area contributed by atoms with E-state index in [2.05, 4.69) is 10.4 Å². The highest BCUT2D eigenvalue weighted by Crippen LogP contribution is 2.17. The maximum absolute atomic E-state index is 12.2. The third kappa shape index (κ3) is 4.19. The van der Waals surface area contributed by atoms with Crippen LogP contribution in [0, 0.1) is 0 Å². The van der Waals surface area contributed by atoms with E-state index in [1.807, 2.05) is 0 Å². The Morgan fingerprint density at radius 2 is 1.96 bits per heavy atom. The van der Waals surface area contributed by atoms with Crippen LogP contribution in [0.25, 0.3) is 11.3 Å². The molecule has 0 spiro atoms. The molecule has 3 rings (SSSR count). The second-order valence-electron chi connectivity index (χ2n) is 5.38. The van der Waals surface area contributed by atoms with Crippen molar-refractivity contribution in [1.82, 2.24) is 20.0 Å². The average Bonchev–Trinajstić information content (AvgIpc) is 2.58. The quantitative estimate of drug-likeness (QED) is 0.889. The summed E-state index contributed by atoms with van der Waals surface area (Å²) < 4.78 is 6.49. The third-order valence-corrected chi connectivity index (χ3v) is 3.88. The number of carbonyl (C=O) groups is 1. The second kappa shape index (κ2) is 7.57. The number of benzene rings is 1. The van der Waals surface area contributed by atoms with E-state index in [9.17, 15) is 9.59 Å². The first-order valence-electron chi connectivity index (χ1n) is 7.56. The Balaban J connectivity index is 1.67. The largest absolute Gasteiger partial charge is 0.379 e. The van der Waals surface area contributed by atoms with Gasteiger partial charge in [0.05, 0.1) is 25.2 Å². The number of hydrogen-bond donors (Lipinski definition) is 1. The van der Waals surface area contributed by atoms with Crippen LogP contribution >= 0.6 is 11.6 Å². The molecular weight excluding hydrogens is 332 g/mol. The zero-order chi connectivity index (χ0) is 16.9. The third-order valence-electron chi connectivity index (χ3n) is 3.63. The number of ether oxygens (including phenoxy) is 1. The van der Waals surface area contributed by atoms with Crippen LogP contribution in [0.1, 0.15) is 0 Å². The van der Waals surface area contributed by atoms with Crippen LogP contribution in [0.3, 0.4) is 0 Å². The van der Waals surface area contributed by atoms with Gasteiger partial charge in [0.1, 0.15) is 6.54 Å². The molecule has 0 saturated carbocycles. The molecule has 8 heteroatoms. The number of nitrogens with one attached hydrogen (secondary N) is 1. The molecule has 7 nitrogen and oxygen atoms in total. The number of hydrazine groups is 1. The van der Waals surface area contributed by atoms with Gasteiger partial charge in [0.15, 0.2) is 0 Å². The number of nitrogens with zero attached hydrogens (tertiary/aromatic N) is 3. The molecule has 1 fully saturated rings. The fraction of sp³-hybridized carbons (Fsp3) is 0.312. The molecule has 1 aromatic carbocycles. The van der Waals surface area contributed by atoms with Crippen LogP contribution in [0.4, 0.5) is 0 Å². The summed E-state index contributed by atoms with van der Waals surface area (Å²) in [5.41, 5.74) is 3.81. The van der Waals surface area contributed by atoms with Gasteiger partial charge in [0.25, 0.3) is 11.5 Å². The zero-order valence-electron chi connectivity index (χ0n) is 12.9. The minimum Gasteiger partial charge on any atom is -0.379 e. The first-order valence-corrected chi connectivity index (χ1v) is 7.94. The predicted molar refractivity (Wildman–Crippen MR) is 89.5 cm³/mol. The van der Waals surface area contributed by atoms with Crippen molar-refractivity contribution in [2.24, 2.45) is 0 Å². The summed E-state index contributed by atoms with van der Waals surface area (Å²) in [6, 6.07) is 8.46. The maximum Gasteiger partial charge on any atom is 0.254 e. The second-order valence-corrected chi connectivity index (χ2v) is 5.82. The van der Waals surface area contributed by atoms with Gasteiger partial charge in [-0.2, -0.15) is 0 Å². The van der Waals surface area contributed by atoms with Gasteiger partial charge in [-0.15, -0.1) is 0 Å². The van der Waals surface area contributed by atoms with Gasteiger partial charge in [-0.3, -0.25) is 19.6 Å². The van der Waals surface area contributed by atoms with E-state index in [-0.39, 0.29) is 18.0 Å². The SMILES string of the molecule is O=C(Cn1cnc(-c2ccc(Cl)cc2)cc1=O)NN1CCOCC1. The first-order chi connectivity index (χ1) is 11.6. The fourth-order valence-corrected chi connectivity index (χ4v) is 2.49. The molecule has 1 aliphatic heterocycles. The molecule has 1 saturated heterocycles. The molecule has 126 valence electrons. The number of carbonyl (C=O) groups excluding carboxylic acids is 1. The maximum atomic E-state index is 12.2. The van der Waals surface area contributed by atoms with E-state index in [1.165, 1.54) is 17.0 Å². The summed E-state index contributed by atoms with van der Waals surface area (Å²) >= 11 is 5.85. The Labute approximate surface area is 143 Å². The molecule has 0 atom stereocenters.